The van der Waals surface area contributed by atoms with Crippen molar-refractivity contribution in [1.29, 1.82) is 0 Å². The monoisotopic (exact) mass is 232 g/mol. The van der Waals surface area contributed by atoms with Crippen LogP contribution in [0.4, 0.5) is 4.39 Å². The van der Waals surface area contributed by atoms with Gasteiger partial charge in [0, 0.05) is 12.3 Å². The molecule has 1 saturated carbocycles. The molecule has 1 N–H and O–H groups in total. The van der Waals surface area contributed by atoms with Crippen molar-refractivity contribution in [3.8, 4) is 11.8 Å². The van der Waals surface area contributed by atoms with Crippen LogP contribution in [0.15, 0.2) is 18.2 Å². The molecule has 0 radical (unpaired) electrons. The summed E-state index contributed by atoms with van der Waals surface area (Å²) in [5.41, 5.74) is 1.10. The average molecular weight is 232 g/mol. The Balaban J connectivity index is 2.06. The lowest BCUT2D eigenvalue weighted by molar-refractivity contribution is -0.136. The first-order valence-electron chi connectivity index (χ1n) is 5.67. The molecule has 1 aliphatic rings. The minimum Gasteiger partial charge on any atom is -0.481 e. The second kappa shape index (κ2) is 5.01. The number of hydrogen-bond acceptors (Lipinski definition) is 1. The normalized spacial score (nSPS) is 13.9. The molecular weight excluding hydrogens is 219 g/mol. The molecule has 0 saturated heterocycles. The van der Waals surface area contributed by atoms with E-state index in [-0.39, 0.29) is 12.2 Å². The molecule has 0 amide bonds. The summed E-state index contributed by atoms with van der Waals surface area (Å²) in [4.78, 5) is 10.4. The molecule has 0 atom stereocenters. The topological polar surface area (TPSA) is 37.3 Å². The highest BCUT2D eigenvalue weighted by Crippen LogP contribution is 2.27. The van der Waals surface area contributed by atoms with E-state index in [1.165, 1.54) is 6.07 Å². The van der Waals surface area contributed by atoms with Gasteiger partial charge in [-0.15, -0.1) is 0 Å². The third-order valence-corrected chi connectivity index (χ3v) is 2.65. The zero-order chi connectivity index (χ0) is 12.3. The van der Waals surface area contributed by atoms with Crippen molar-refractivity contribution in [2.75, 3.05) is 0 Å². The van der Waals surface area contributed by atoms with Crippen molar-refractivity contribution in [3.05, 3.63) is 35.1 Å². The highest BCUT2D eigenvalue weighted by atomic mass is 19.1. The Hall–Kier alpha value is -1.82. The number of carboxylic acids is 1. The van der Waals surface area contributed by atoms with Crippen molar-refractivity contribution in [3.63, 3.8) is 0 Å². The standard InChI is InChI=1S/C14H13FO2/c15-13-9-11(5-8-14(16)17)4-7-12(13)6-3-10-1-2-10/h4,7,9-10H,1-2,5,8H2,(H,16,17). The SMILES string of the molecule is O=C(O)CCc1ccc(C#CC2CC2)c(F)c1. The number of carbonyl (C=O) groups is 1. The molecule has 0 aromatic heterocycles. The van der Waals surface area contributed by atoms with Gasteiger partial charge in [-0.05, 0) is 37.0 Å². The summed E-state index contributed by atoms with van der Waals surface area (Å²) in [7, 11) is 0. The quantitative estimate of drug-likeness (QED) is 0.813. The van der Waals surface area contributed by atoms with Crippen LogP contribution in [-0.2, 0) is 11.2 Å². The molecule has 1 aromatic rings. The minimum absolute atomic E-state index is 0.0204. The first kappa shape index (κ1) is 11.7. The fourth-order valence-corrected chi connectivity index (χ4v) is 1.47. The zero-order valence-electron chi connectivity index (χ0n) is 9.37. The molecule has 1 fully saturated rings. The van der Waals surface area contributed by atoms with Crippen molar-refractivity contribution in [1.82, 2.24) is 0 Å². The van der Waals surface area contributed by atoms with Crippen molar-refractivity contribution < 1.29 is 14.3 Å². The van der Waals surface area contributed by atoms with Gasteiger partial charge in [0.25, 0.3) is 0 Å². The molecule has 17 heavy (non-hydrogen) atoms. The van der Waals surface area contributed by atoms with E-state index in [1.807, 2.05) is 0 Å². The van der Waals surface area contributed by atoms with Crippen LogP contribution in [0, 0.1) is 23.6 Å². The van der Waals surface area contributed by atoms with Gasteiger partial charge < -0.3 is 5.11 Å². The second-order valence-electron chi connectivity index (χ2n) is 4.25. The lowest BCUT2D eigenvalue weighted by atomic mass is 10.1. The van der Waals surface area contributed by atoms with E-state index in [0.717, 1.165) is 12.8 Å². The molecule has 1 aliphatic carbocycles. The van der Waals surface area contributed by atoms with Gasteiger partial charge in [-0.3, -0.25) is 4.79 Å². The maximum absolute atomic E-state index is 13.6. The Morgan fingerprint density at radius 2 is 2.24 bits per heavy atom. The fourth-order valence-electron chi connectivity index (χ4n) is 1.47. The molecule has 1 aromatic carbocycles. The van der Waals surface area contributed by atoms with E-state index in [0.29, 0.717) is 23.5 Å². The van der Waals surface area contributed by atoms with Crippen LogP contribution in [0.3, 0.4) is 0 Å². The smallest absolute Gasteiger partial charge is 0.303 e. The molecule has 2 rings (SSSR count). The number of carboxylic acid groups (broad SMARTS) is 1. The fraction of sp³-hybridized carbons (Fsp3) is 0.357. The highest BCUT2D eigenvalue weighted by Gasteiger charge is 2.17. The van der Waals surface area contributed by atoms with E-state index in [1.54, 1.807) is 12.1 Å². The van der Waals surface area contributed by atoms with Gasteiger partial charge in [0.1, 0.15) is 5.82 Å². The number of benzene rings is 1. The minimum atomic E-state index is -0.872. The first-order valence-corrected chi connectivity index (χ1v) is 5.67. The van der Waals surface area contributed by atoms with Crippen LogP contribution in [0.1, 0.15) is 30.4 Å². The third kappa shape index (κ3) is 3.60. The van der Waals surface area contributed by atoms with Gasteiger partial charge >= 0.3 is 5.97 Å². The summed E-state index contributed by atoms with van der Waals surface area (Å²) in [5.74, 6) is 5.04. The molecule has 0 aliphatic heterocycles. The van der Waals surface area contributed by atoms with E-state index < -0.39 is 5.97 Å². The highest BCUT2D eigenvalue weighted by molar-refractivity contribution is 5.67. The van der Waals surface area contributed by atoms with E-state index in [2.05, 4.69) is 11.8 Å². The maximum Gasteiger partial charge on any atom is 0.303 e. The summed E-state index contributed by atoms with van der Waals surface area (Å²) in [5, 5.41) is 8.53. The first-order chi connectivity index (χ1) is 8.15. The lowest BCUT2D eigenvalue weighted by Crippen LogP contribution is -1.98. The maximum atomic E-state index is 13.6. The Bertz CT molecular complexity index is 493. The Labute approximate surface area is 99.5 Å². The van der Waals surface area contributed by atoms with Crippen LogP contribution >= 0.6 is 0 Å². The summed E-state index contributed by atoms with van der Waals surface area (Å²) in [6.45, 7) is 0. The van der Waals surface area contributed by atoms with Gasteiger partial charge in [-0.2, -0.15) is 0 Å². The predicted molar refractivity (Wildman–Crippen MR) is 62.0 cm³/mol. The predicted octanol–water partition coefficient (Wildman–Crippen LogP) is 2.60. The molecule has 0 bridgehead atoms. The van der Waals surface area contributed by atoms with Crippen LogP contribution in [0.5, 0.6) is 0 Å². The van der Waals surface area contributed by atoms with Crippen LogP contribution < -0.4 is 0 Å². The number of halogens is 1. The van der Waals surface area contributed by atoms with Gasteiger partial charge in [0.05, 0.1) is 5.56 Å². The number of aliphatic carboxylic acids is 1. The molecule has 3 heteroatoms. The summed E-state index contributed by atoms with van der Waals surface area (Å²) in [6, 6.07) is 4.74. The van der Waals surface area contributed by atoms with E-state index in [9.17, 15) is 9.18 Å². The number of rotatable bonds is 3. The summed E-state index contributed by atoms with van der Waals surface area (Å²) >= 11 is 0. The third-order valence-electron chi connectivity index (χ3n) is 2.65. The molecule has 0 unspecified atom stereocenters. The Kier molecular flexibility index (Phi) is 3.43. The lowest BCUT2D eigenvalue weighted by Gasteiger charge is -2.00. The Morgan fingerprint density at radius 3 is 2.82 bits per heavy atom. The summed E-state index contributed by atoms with van der Waals surface area (Å²) in [6.07, 6.45) is 2.60. The molecular formula is C14H13FO2. The number of hydrogen-bond donors (Lipinski definition) is 1. The van der Waals surface area contributed by atoms with Crippen LogP contribution in [0.2, 0.25) is 0 Å². The zero-order valence-corrected chi connectivity index (χ0v) is 9.37. The van der Waals surface area contributed by atoms with E-state index in [4.69, 9.17) is 5.11 Å². The van der Waals surface area contributed by atoms with Gasteiger partial charge in [-0.25, -0.2) is 4.39 Å². The average Bonchev–Trinajstić information content (AvgIpc) is 3.09. The molecule has 2 nitrogen and oxygen atoms in total. The number of aryl methyl sites for hydroxylation is 1. The van der Waals surface area contributed by atoms with Crippen LogP contribution in [0.25, 0.3) is 0 Å². The van der Waals surface area contributed by atoms with Crippen molar-refractivity contribution in [2.24, 2.45) is 5.92 Å². The molecule has 0 spiro atoms. The van der Waals surface area contributed by atoms with Gasteiger partial charge in [-0.1, -0.05) is 17.9 Å². The molecule has 88 valence electrons. The van der Waals surface area contributed by atoms with Gasteiger partial charge in [0.15, 0.2) is 0 Å². The van der Waals surface area contributed by atoms with Crippen molar-refractivity contribution in [2.45, 2.75) is 25.7 Å². The van der Waals surface area contributed by atoms with Crippen LogP contribution in [-0.4, -0.2) is 11.1 Å². The van der Waals surface area contributed by atoms with Crippen molar-refractivity contribution >= 4 is 5.97 Å². The largest absolute Gasteiger partial charge is 0.481 e. The molecule has 0 heterocycles. The van der Waals surface area contributed by atoms with Gasteiger partial charge in [0.2, 0.25) is 0 Å². The Morgan fingerprint density at radius 1 is 1.47 bits per heavy atom. The summed E-state index contributed by atoms with van der Waals surface area (Å²) < 4.78 is 13.6. The second-order valence-corrected chi connectivity index (χ2v) is 4.25. The van der Waals surface area contributed by atoms with E-state index >= 15 is 0 Å².